The first kappa shape index (κ1) is 18.5. The molecule has 1 amide bonds. The molecule has 1 aliphatic heterocycles. The highest BCUT2D eigenvalue weighted by molar-refractivity contribution is 7.88. The van der Waals surface area contributed by atoms with Gasteiger partial charge in [-0.3, -0.25) is 4.79 Å². The summed E-state index contributed by atoms with van der Waals surface area (Å²) >= 11 is 0. The molecule has 26 heavy (non-hydrogen) atoms. The number of sulfonamides is 1. The minimum atomic E-state index is -3.21. The van der Waals surface area contributed by atoms with E-state index in [-0.39, 0.29) is 11.8 Å². The zero-order chi connectivity index (χ0) is 18.7. The second kappa shape index (κ2) is 7.55. The van der Waals surface area contributed by atoms with Gasteiger partial charge < -0.3 is 9.73 Å². The Morgan fingerprint density at radius 2 is 1.88 bits per heavy atom. The molecule has 0 saturated carbocycles. The van der Waals surface area contributed by atoms with E-state index < -0.39 is 16.1 Å². The van der Waals surface area contributed by atoms with Gasteiger partial charge in [0, 0.05) is 25.9 Å². The van der Waals surface area contributed by atoms with Gasteiger partial charge in [0.25, 0.3) is 0 Å². The third-order valence-corrected chi connectivity index (χ3v) is 5.81. The van der Waals surface area contributed by atoms with Gasteiger partial charge in [0.05, 0.1) is 6.26 Å². The first-order valence-electron chi connectivity index (χ1n) is 8.45. The molecule has 1 unspecified atom stereocenters. The minimum Gasteiger partial charge on any atom is -0.423 e. The Morgan fingerprint density at radius 1 is 1.23 bits per heavy atom. The Bertz CT molecular complexity index is 858. The summed E-state index contributed by atoms with van der Waals surface area (Å²) in [6.07, 6.45) is 2.17. The molecule has 0 spiro atoms. The largest absolute Gasteiger partial charge is 0.423 e. The number of carbonyl (C=O) groups excluding carboxylic acids is 1. The number of benzene rings is 1. The Balaban J connectivity index is 1.72. The SMILES string of the molecule is Cc1nnc(C(NC(=O)C2CCN(S(C)(=O)=O)CC2)c2ccccc2)o1. The number of nitrogens with one attached hydrogen (secondary N) is 1. The summed E-state index contributed by atoms with van der Waals surface area (Å²) in [5.41, 5.74) is 0.845. The second-order valence-electron chi connectivity index (χ2n) is 6.45. The highest BCUT2D eigenvalue weighted by Crippen LogP contribution is 2.24. The molecule has 2 heterocycles. The molecule has 1 atom stereocenters. The highest BCUT2D eigenvalue weighted by Gasteiger charge is 2.31. The van der Waals surface area contributed by atoms with Crippen molar-refractivity contribution in [3.05, 3.63) is 47.7 Å². The predicted octanol–water partition coefficient (Wildman–Crippen LogP) is 1.26. The van der Waals surface area contributed by atoms with Gasteiger partial charge in [-0.2, -0.15) is 0 Å². The van der Waals surface area contributed by atoms with E-state index in [4.69, 9.17) is 4.42 Å². The van der Waals surface area contributed by atoms with Crippen molar-refractivity contribution in [2.75, 3.05) is 19.3 Å². The zero-order valence-electron chi connectivity index (χ0n) is 14.8. The molecule has 1 N–H and O–H groups in total. The second-order valence-corrected chi connectivity index (χ2v) is 8.43. The van der Waals surface area contributed by atoms with Crippen LogP contribution in [0.15, 0.2) is 34.7 Å². The number of aromatic nitrogens is 2. The number of nitrogens with zero attached hydrogens (tertiary/aromatic N) is 3. The molecule has 2 aromatic rings. The first-order chi connectivity index (χ1) is 12.3. The molecule has 1 aromatic carbocycles. The van der Waals surface area contributed by atoms with Crippen LogP contribution >= 0.6 is 0 Å². The highest BCUT2D eigenvalue weighted by atomic mass is 32.2. The average molecular weight is 378 g/mol. The van der Waals surface area contributed by atoms with E-state index in [0.29, 0.717) is 37.7 Å². The lowest BCUT2D eigenvalue weighted by molar-refractivity contribution is -0.126. The van der Waals surface area contributed by atoms with E-state index in [1.165, 1.54) is 10.6 Å². The molecule has 1 aromatic heterocycles. The van der Waals surface area contributed by atoms with E-state index >= 15 is 0 Å². The number of piperidine rings is 1. The summed E-state index contributed by atoms with van der Waals surface area (Å²) in [7, 11) is -3.21. The van der Waals surface area contributed by atoms with Crippen LogP contribution in [0.2, 0.25) is 0 Å². The Kier molecular flexibility index (Phi) is 5.38. The fourth-order valence-corrected chi connectivity index (χ4v) is 3.95. The number of hydrogen-bond donors (Lipinski definition) is 1. The average Bonchev–Trinajstić information content (AvgIpc) is 3.05. The smallest absolute Gasteiger partial charge is 0.243 e. The summed E-state index contributed by atoms with van der Waals surface area (Å²) < 4.78 is 30.2. The third kappa shape index (κ3) is 4.28. The van der Waals surface area contributed by atoms with E-state index in [1.54, 1.807) is 6.92 Å². The Hall–Kier alpha value is -2.26. The molecule has 1 fully saturated rings. The molecular weight excluding hydrogens is 356 g/mol. The van der Waals surface area contributed by atoms with Crippen molar-refractivity contribution in [1.82, 2.24) is 19.8 Å². The maximum atomic E-state index is 12.7. The fourth-order valence-electron chi connectivity index (χ4n) is 3.07. The van der Waals surface area contributed by atoms with Crippen molar-refractivity contribution in [1.29, 1.82) is 0 Å². The lowest BCUT2D eigenvalue weighted by atomic mass is 9.96. The van der Waals surface area contributed by atoms with Crippen LogP contribution in [0.3, 0.4) is 0 Å². The van der Waals surface area contributed by atoms with E-state index in [1.807, 2.05) is 30.3 Å². The molecular formula is C17H22N4O4S. The molecule has 0 aliphatic carbocycles. The van der Waals surface area contributed by atoms with Gasteiger partial charge in [0.1, 0.15) is 6.04 Å². The number of amides is 1. The first-order valence-corrected chi connectivity index (χ1v) is 10.3. The minimum absolute atomic E-state index is 0.136. The van der Waals surface area contributed by atoms with Crippen LogP contribution in [0.1, 0.15) is 36.2 Å². The van der Waals surface area contributed by atoms with E-state index in [2.05, 4.69) is 15.5 Å². The third-order valence-electron chi connectivity index (χ3n) is 4.50. The summed E-state index contributed by atoms with van der Waals surface area (Å²) in [6.45, 7) is 2.40. The molecule has 1 aliphatic rings. The summed E-state index contributed by atoms with van der Waals surface area (Å²) in [5, 5.41) is 10.9. The van der Waals surface area contributed by atoms with Crippen molar-refractivity contribution >= 4 is 15.9 Å². The van der Waals surface area contributed by atoms with E-state index in [0.717, 1.165) is 5.56 Å². The van der Waals surface area contributed by atoms with Crippen molar-refractivity contribution in [2.24, 2.45) is 5.92 Å². The van der Waals surface area contributed by atoms with Crippen LogP contribution in [0.4, 0.5) is 0 Å². The standard InChI is InChI=1S/C17H22N4O4S/c1-12-19-20-17(25-12)15(13-6-4-3-5-7-13)18-16(22)14-8-10-21(11-9-14)26(2,23)24/h3-7,14-15H,8-11H2,1-2H3,(H,18,22). The maximum Gasteiger partial charge on any atom is 0.243 e. The lowest BCUT2D eigenvalue weighted by Crippen LogP contribution is -2.43. The molecule has 0 radical (unpaired) electrons. The Labute approximate surface area is 152 Å². The summed E-state index contributed by atoms with van der Waals surface area (Å²) in [4.78, 5) is 12.7. The van der Waals surface area contributed by atoms with Crippen molar-refractivity contribution < 1.29 is 17.6 Å². The Morgan fingerprint density at radius 3 is 2.42 bits per heavy atom. The number of rotatable bonds is 5. The van der Waals surface area contributed by atoms with Crippen molar-refractivity contribution in [3.8, 4) is 0 Å². The van der Waals surface area contributed by atoms with Crippen molar-refractivity contribution in [3.63, 3.8) is 0 Å². The summed E-state index contributed by atoms with van der Waals surface area (Å²) in [5.74, 6) is 0.373. The van der Waals surface area contributed by atoms with Gasteiger partial charge in [-0.15, -0.1) is 10.2 Å². The van der Waals surface area contributed by atoms with Gasteiger partial charge in [0.2, 0.25) is 27.7 Å². The number of carbonyl (C=O) groups is 1. The number of aryl methyl sites for hydroxylation is 1. The van der Waals surface area contributed by atoms with Crippen LogP contribution < -0.4 is 5.32 Å². The van der Waals surface area contributed by atoms with Crippen LogP contribution in [0, 0.1) is 12.8 Å². The van der Waals surface area contributed by atoms with Gasteiger partial charge in [0.15, 0.2) is 0 Å². The van der Waals surface area contributed by atoms with Crippen LogP contribution in [0.25, 0.3) is 0 Å². The van der Waals surface area contributed by atoms with Crippen LogP contribution in [0.5, 0.6) is 0 Å². The number of hydrogen-bond acceptors (Lipinski definition) is 6. The zero-order valence-corrected chi connectivity index (χ0v) is 15.6. The molecule has 0 bridgehead atoms. The molecule has 8 nitrogen and oxygen atoms in total. The maximum absolute atomic E-state index is 12.7. The monoisotopic (exact) mass is 378 g/mol. The van der Waals surface area contributed by atoms with Crippen LogP contribution in [-0.2, 0) is 14.8 Å². The van der Waals surface area contributed by atoms with E-state index in [9.17, 15) is 13.2 Å². The quantitative estimate of drug-likeness (QED) is 0.840. The normalized spacial score (nSPS) is 17.8. The topological polar surface area (TPSA) is 105 Å². The molecule has 9 heteroatoms. The van der Waals surface area contributed by atoms with Gasteiger partial charge in [-0.1, -0.05) is 30.3 Å². The fraction of sp³-hybridized carbons (Fsp3) is 0.471. The van der Waals surface area contributed by atoms with Gasteiger partial charge in [-0.25, -0.2) is 12.7 Å². The lowest BCUT2D eigenvalue weighted by Gasteiger charge is -2.30. The predicted molar refractivity (Wildman–Crippen MR) is 94.6 cm³/mol. The molecule has 140 valence electrons. The van der Waals surface area contributed by atoms with Crippen molar-refractivity contribution in [2.45, 2.75) is 25.8 Å². The molecule has 1 saturated heterocycles. The molecule has 3 rings (SSSR count). The summed E-state index contributed by atoms with van der Waals surface area (Å²) in [6, 6.07) is 8.89. The van der Waals surface area contributed by atoms with Crippen LogP contribution in [-0.4, -0.2) is 48.2 Å². The van der Waals surface area contributed by atoms with Gasteiger partial charge in [-0.05, 0) is 18.4 Å². The van der Waals surface area contributed by atoms with Gasteiger partial charge >= 0.3 is 0 Å².